The van der Waals surface area contributed by atoms with Gasteiger partial charge < -0.3 is 10.6 Å². The van der Waals surface area contributed by atoms with Crippen LogP contribution in [-0.2, 0) is 11.2 Å². The Bertz CT molecular complexity index is 535. The number of rotatable bonds is 8. The molecule has 1 amide bonds. The molecule has 0 radical (unpaired) electrons. The summed E-state index contributed by atoms with van der Waals surface area (Å²) in [5.74, 6) is -0.320. The van der Waals surface area contributed by atoms with E-state index in [9.17, 15) is 4.79 Å². The van der Waals surface area contributed by atoms with Gasteiger partial charge in [-0.15, -0.1) is 0 Å². The van der Waals surface area contributed by atoms with Crippen molar-refractivity contribution in [3.8, 4) is 6.07 Å². The van der Waals surface area contributed by atoms with E-state index in [0.717, 1.165) is 23.7 Å². The minimum atomic E-state index is -0.320. The molecule has 5 heteroatoms. The van der Waals surface area contributed by atoms with Gasteiger partial charge in [-0.3, -0.25) is 4.79 Å². The number of amides is 1. The number of carbonyl (C=O) groups excluding carboxylic acids is 1. The van der Waals surface area contributed by atoms with Gasteiger partial charge in [0.1, 0.15) is 11.6 Å². The third-order valence-corrected chi connectivity index (χ3v) is 3.70. The van der Waals surface area contributed by atoms with Crippen LogP contribution in [0, 0.1) is 11.3 Å². The molecule has 0 saturated carbocycles. The number of nitrogens with one attached hydrogen (secondary N) is 2. The number of hydrogen-bond donors (Lipinski definition) is 2. The van der Waals surface area contributed by atoms with Gasteiger partial charge in [0.05, 0.1) is 0 Å². The van der Waals surface area contributed by atoms with Crippen molar-refractivity contribution in [2.75, 3.05) is 13.1 Å². The quantitative estimate of drug-likeness (QED) is 0.430. The predicted octanol–water partition coefficient (Wildman–Crippen LogP) is 2.90. The fraction of sp³-hybridized carbons (Fsp3) is 0.375. The summed E-state index contributed by atoms with van der Waals surface area (Å²) in [5, 5.41) is 14.7. The second-order valence-electron chi connectivity index (χ2n) is 4.57. The first-order valence-electron chi connectivity index (χ1n) is 7.04. The molecule has 1 rings (SSSR count). The molecule has 0 fully saturated rings. The fourth-order valence-corrected chi connectivity index (χ4v) is 2.19. The van der Waals surface area contributed by atoms with Crippen molar-refractivity contribution in [1.82, 2.24) is 10.6 Å². The molecule has 0 atom stereocenters. The average Bonchev–Trinajstić information content (AvgIpc) is 2.49. The third kappa shape index (κ3) is 6.46. The fourth-order valence-electron chi connectivity index (χ4n) is 1.70. The average molecular weight is 350 g/mol. The Morgan fingerprint density at radius 3 is 2.81 bits per heavy atom. The molecule has 1 aromatic carbocycles. The molecule has 21 heavy (non-hydrogen) atoms. The van der Waals surface area contributed by atoms with E-state index in [1.807, 2.05) is 30.3 Å². The SMILES string of the molecule is CCCCNC(=O)/C(C#N)=C\NCCc1ccccc1Br. The van der Waals surface area contributed by atoms with Gasteiger partial charge in [-0.25, -0.2) is 0 Å². The normalized spacial score (nSPS) is 10.8. The van der Waals surface area contributed by atoms with Gasteiger partial charge in [-0.2, -0.15) is 5.26 Å². The van der Waals surface area contributed by atoms with Crippen molar-refractivity contribution in [3.05, 3.63) is 46.1 Å². The van der Waals surface area contributed by atoms with Gasteiger partial charge in [0.25, 0.3) is 5.91 Å². The van der Waals surface area contributed by atoms with E-state index >= 15 is 0 Å². The van der Waals surface area contributed by atoms with Crippen LogP contribution >= 0.6 is 15.9 Å². The number of unbranched alkanes of at least 4 members (excludes halogenated alkanes) is 1. The number of benzene rings is 1. The Morgan fingerprint density at radius 2 is 2.14 bits per heavy atom. The number of nitrogens with zero attached hydrogens (tertiary/aromatic N) is 1. The van der Waals surface area contributed by atoms with Crippen molar-refractivity contribution >= 4 is 21.8 Å². The molecule has 0 aromatic heterocycles. The Balaban J connectivity index is 2.41. The molecule has 4 nitrogen and oxygen atoms in total. The zero-order valence-corrected chi connectivity index (χ0v) is 13.7. The molecular weight excluding hydrogens is 330 g/mol. The van der Waals surface area contributed by atoms with Crippen LogP contribution < -0.4 is 10.6 Å². The first kappa shape index (κ1) is 17.3. The summed E-state index contributed by atoms with van der Waals surface area (Å²) in [6, 6.07) is 9.90. The zero-order chi connectivity index (χ0) is 15.5. The molecule has 0 bridgehead atoms. The van der Waals surface area contributed by atoms with Crippen molar-refractivity contribution in [2.24, 2.45) is 0 Å². The van der Waals surface area contributed by atoms with E-state index in [0.29, 0.717) is 13.1 Å². The molecular formula is C16H20BrN3O. The van der Waals surface area contributed by atoms with Gasteiger partial charge in [-0.1, -0.05) is 47.5 Å². The molecule has 0 unspecified atom stereocenters. The molecule has 0 aliphatic rings. The maximum Gasteiger partial charge on any atom is 0.263 e. The van der Waals surface area contributed by atoms with Crippen LogP contribution in [0.3, 0.4) is 0 Å². The first-order chi connectivity index (χ1) is 10.2. The van der Waals surface area contributed by atoms with Gasteiger partial charge in [0, 0.05) is 23.8 Å². The Labute approximate surface area is 134 Å². The van der Waals surface area contributed by atoms with Crippen LogP contribution in [0.5, 0.6) is 0 Å². The van der Waals surface area contributed by atoms with Crippen LogP contribution in [0.4, 0.5) is 0 Å². The van der Waals surface area contributed by atoms with Crippen LogP contribution in [-0.4, -0.2) is 19.0 Å². The first-order valence-corrected chi connectivity index (χ1v) is 7.83. The topological polar surface area (TPSA) is 64.9 Å². The third-order valence-electron chi connectivity index (χ3n) is 2.92. The van der Waals surface area contributed by atoms with E-state index in [2.05, 4.69) is 33.5 Å². The van der Waals surface area contributed by atoms with Gasteiger partial charge in [0.2, 0.25) is 0 Å². The lowest BCUT2D eigenvalue weighted by atomic mass is 10.1. The molecule has 0 spiro atoms. The highest BCUT2D eigenvalue weighted by atomic mass is 79.9. The van der Waals surface area contributed by atoms with Crippen molar-refractivity contribution in [2.45, 2.75) is 26.2 Å². The zero-order valence-electron chi connectivity index (χ0n) is 12.2. The number of halogens is 1. The molecule has 2 N–H and O–H groups in total. The van der Waals surface area contributed by atoms with Crippen LogP contribution in [0.1, 0.15) is 25.3 Å². The largest absolute Gasteiger partial charge is 0.389 e. The van der Waals surface area contributed by atoms with Crippen LogP contribution in [0.15, 0.2) is 40.5 Å². The molecule has 0 heterocycles. The van der Waals surface area contributed by atoms with E-state index in [4.69, 9.17) is 5.26 Å². The highest BCUT2D eigenvalue weighted by molar-refractivity contribution is 9.10. The lowest BCUT2D eigenvalue weighted by Gasteiger charge is -2.06. The molecule has 0 aliphatic heterocycles. The summed E-state index contributed by atoms with van der Waals surface area (Å²) in [5.41, 5.74) is 1.29. The summed E-state index contributed by atoms with van der Waals surface area (Å²) in [6.07, 6.45) is 4.22. The predicted molar refractivity (Wildman–Crippen MR) is 87.5 cm³/mol. The van der Waals surface area contributed by atoms with E-state index in [-0.39, 0.29) is 11.5 Å². The van der Waals surface area contributed by atoms with Crippen molar-refractivity contribution < 1.29 is 4.79 Å². The lowest BCUT2D eigenvalue weighted by Crippen LogP contribution is -2.26. The van der Waals surface area contributed by atoms with Crippen LogP contribution in [0.25, 0.3) is 0 Å². The Morgan fingerprint density at radius 1 is 1.38 bits per heavy atom. The van der Waals surface area contributed by atoms with E-state index < -0.39 is 0 Å². The Kier molecular flexibility index (Phi) is 8.22. The summed E-state index contributed by atoms with van der Waals surface area (Å²) in [4.78, 5) is 11.7. The second-order valence-corrected chi connectivity index (χ2v) is 5.43. The molecule has 0 saturated heterocycles. The minimum Gasteiger partial charge on any atom is -0.389 e. The number of carbonyl (C=O) groups is 1. The summed E-state index contributed by atoms with van der Waals surface area (Å²) in [7, 11) is 0. The van der Waals surface area contributed by atoms with Gasteiger partial charge in [0.15, 0.2) is 0 Å². The van der Waals surface area contributed by atoms with Crippen molar-refractivity contribution in [3.63, 3.8) is 0 Å². The monoisotopic (exact) mass is 349 g/mol. The minimum absolute atomic E-state index is 0.109. The lowest BCUT2D eigenvalue weighted by molar-refractivity contribution is -0.117. The number of hydrogen-bond acceptors (Lipinski definition) is 3. The highest BCUT2D eigenvalue weighted by Crippen LogP contribution is 2.15. The smallest absolute Gasteiger partial charge is 0.263 e. The van der Waals surface area contributed by atoms with E-state index in [1.165, 1.54) is 11.8 Å². The van der Waals surface area contributed by atoms with E-state index in [1.54, 1.807) is 0 Å². The summed E-state index contributed by atoms with van der Waals surface area (Å²) in [6.45, 7) is 3.32. The Hall–Kier alpha value is -1.80. The number of nitriles is 1. The summed E-state index contributed by atoms with van der Waals surface area (Å²) >= 11 is 3.49. The van der Waals surface area contributed by atoms with Gasteiger partial charge in [-0.05, 0) is 24.5 Å². The standard InChI is InChI=1S/C16H20BrN3O/c1-2-3-9-20-16(21)14(11-18)12-19-10-8-13-6-4-5-7-15(13)17/h4-7,12,19H,2-3,8-10H2,1H3,(H,20,21)/b14-12-. The highest BCUT2D eigenvalue weighted by Gasteiger charge is 2.07. The molecule has 0 aliphatic carbocycles. The molecule has 1 aromatic rings. The maximum atomic E-state index is 11.7. The van der Waals surface area contributed by atoms with Crippen LogP contribution in [0.2, 0.25) is 0 Å². The van der Waals surface area contributed by atoms with Gasteiger partial charge >= 0.3 is 0 Å². The van der Waals surface area contributed by atoms with Crippen molar-refractivity contribution in [1.29, 1.82) is 5.26 Å². The summed E-state index contributed by atoms with van der Waals surface area (Å²) < 4.78 is 1.06. The molecule has 112 valence electrons. The maximum absolute atomic E-state index is 11.7. The second kappa shape index (κ2) is 10.0.